The van der Waals surface area contributed by atoms with Gasteiger partial charge in [-0.3, -0.25) is 4.79 Å². The van der Waals surface area contributed by atoms with Crippen molar-refractivity contribution < 1.29 is 15.0 Å². The van der Waals surface area contributed by atoms with Gasteiger partial charge in [0.25, 0.3) is 0 Å². The lowest BCUT2D eigenvalue weighted by Crippen LogP contribution is -2.66. The molecule has 0 radical (unpaired) electrons. The van der Waals surface area contributed by atoms with Gasteiger partial charge < -0.3 is 10.2 Å². The van der Waals surface area contributed by atoms with Crippen molar-refractivity contribution in [3.05, 3.63) is 0 Å². The average molecular weight is 445 g/mol. The minimum Gasteiger partial charge on any atom is -0.396 e. The summed E-state index contributed by atoms with van der Waals surface area (Å²) in [6, 6.07) is 0. The number of hydrogen-bond donors (Lipinski definition) is 2. The first-order valence-corrected chi connectivity index (χ1v) is 13.7. The Morgan fingerprint density at radius 1 is 0.812 bits per heavy atom. The number of Topliss-reactive ketones (excluding diaryl/α,β-unsaturated/α-hetero) is 1. The number of carbonyl (C=O) groups is 1. The summed E-state index contributed by atoms with van der Waals surface area (Å²) >= 11 is 0. The summed E-state index contributed by atoms with van der Waals surface area (Å²) in [7, 11) is 0. The minimum absolute atomic E-state index is 0.0289. The number of carbonyl (C=O) groups excluding carboxylic acids is 1. The molecule has 3 heteroatoms. The topological polar surface area (TPSA) is 57.5 Å². The van der Waals surface area contributed by atoms with Gasteiger partial charge in [-0.05, 0) is 115 Å². The van der Waals surface area contributed by atoms with Crippen LogP contribution in [0.4, 0.5) is 0 Å². The van der Waals surface area contributed by atoms with E-state index in [2.05, 4.69) is 41.5 Å². The van der Waals surface area contributed by atoms with Gasteiger partial charge in [-0.15, -0.1) is 0 Å². The van der Waals surface area contributed by atoms with Gasteiger partial charge in [0.2, 0.25) is 0 Å². The lowest BCUT2D eigenvalue weighted by atomic mass is 9.33. The lowest BCUT2D eigenvalue weighted by Gasteiger charge is -2.71. The van der Waals surface area contributed by atoms with Crippen LogP contribution in [0.1, 0.15) is 106 Å². The fourth-order valence-corrected chi connectivity index (χ4v) is 10.8. The maximum absolute atomic E-state index is 12.8. The zero-order chi connectivity index (χ0) is 23.3. The number of rotatable bonds is 1. The van der Waals surface area contributed by atoms with Crippen LogP contribution in [0.25, 0.3) is 0 Å². The summed E-state index contributed by atoms with van der Waals surface area (Å²) in [5.74, 6) is 2.50. The minimum atomic E-state index is -0.767. The first-order valence-electron chi connectivity index (χ1n) is 13.7. The maximum atomic E-state index is 12.8. The molecule has 0 amide bonds. The predicted molar refractivity (Wildman–Crippen MR) is 128 cm³/mol. The molecule has 5 aliphatic carbocycles. The Hall–Kier alpha value is -0.410. The fourth-order valence-electron chi connectivity index (χ4n) is 10.8. The van der Waals surface area contributed by atoms with Gasteiger partial charge in [0.05, 0.1) is 0 Å². The molecule has 0 bridgehead atoms. The quantitative estimate of drug-likeness (QED) is 0.521. The van der Waals surface area contributed by atoms with Crippen LogP contribution in [0, 0.1) is 56.7 Å². The molecule has 2 N–H and O–H groups in total. The first-order chi connectivity index (χ1) is 14.8. The predicted octanol–water partition coefficient (Wildman–Crippen LogP) is 6.01. The smallest absolute Gasteiger partial charge is 0.164 e. The molecule has 0 aromatic rings. The Balaban J connectivity index is 1.52. The summed E-state index contributed by atoms with van der Waals surface area (Å²) in [5.41, 5.74) is 1.09. The van der Waals surface area contributed by atoms with Crippen LogP contribution >= 0.6 is 0 Å². The largest absolute Gasteiger partial charge is 0.396 e. The Bertz CT molecular complexity index is 789. The Morgan fingerprint density at radius 2 is 1.47 bits per heavy atom. The SMILES string of the molecule is C[C@H]1C(=O)[C@H](O)C[C@@H]2[C@]3(C)CC[C@@H]4[C@H]5CC(C)(C)CC[C@]5(CO)CC[C@]4(C)[C@@H]3CC[C@@]21C. The van der Waals surface area contributed by atoms with E-state index in [-0.39, 0.29) is 27.9 Å². The molecule has 0 aliphatic heterocycles. The highest BCUT2D eigenvalue weighted by atomic mass is 16.3. The van der Waals surface area contributed by atoms with Crippen LogP contribution in [0.15, 0.2) is 0 Å². The van der Waals surface area contributed by atoms with Crippen LogP contribution in [0.3, 0.4) is 0 Å². The summed E-state index contributed by atoms with van der Waals surface area (Å²) in [6.07, 6.45) is 10.9. The van der Waals surface area contributed by atoms with E-state index in [4.69, 9.17) is 0 Å². The molecular weight excluding hydrogens is 396 g/mol. The highest BCUT2D eigenvalue weighted by molar-refractivity contribution is 5.86. The number of aliphatic hydroxyl groups excluding tert-OH is 2. The molecule has 0 heterocycles. The van der Waals surface area contributed by atoms with E-state index in [0.717, 1.165) is 6.42 Å². The van der Waals surface area contributed by atoms with E-state index in [1.165, 1.54) is 51.4 Å². The monoisotopic (exact) mass is 444 g/mol. The van der Waals surface area contributed by atoms with Crippen molar-refractivity contribution in [2.75, 3.05) is 6.61 Å². The normalized spacial score (nSPS) is 57.1. The summed E-state index contributed by atoms with van der Waals surface area (Å²) in [5, 5.41) is 21.3. The van der Waals surface area contributed by atoms with Crippen LogP contribution in [0.2, 0.25) is 0 Å². The molecule has 0 unspecified atom stereocenters. The van der Waals surface area contributed by atoms with Crippen molar-refractivity contribution in [1.29, 1.82) is 0 Å². The van der Waals surface area contributed by atoms with E-state index >= 15 is 0 Å². The van der Waals surface area contributed by atoms with E-state index in [1.54, 1.807) is 0 Å². The van der Waals surface area contributed by atoms with E-state index < -0.39 is 6.10 Å². The van der Waals surface area contributed by atoms with E-state index in [9.17, 15) is 15.0 Å². The molecule has 10 atom stereocenters. The van der Waals surface area contributed by atoms with Gasteiger partial charge >= 0.3 is 0 Å². The third-order valence-corrected chi connectivity index (χ3v) is 13.0. The standard InChI is InChI=1S/C29H48O3/c1-18-24(32)21(31)15-23-26(18,4)10-8-22-27(5)12-14-29(17-30)13-11-25(2,3)16-20(29)19(27)7-9-28(22,23)6/h18-23,30-31H,7-17H2,1-6H3/t18-,19+,20+,21+,22-,23-,26+,27-,28+,29+/m0/s1. The Kier molecular flexibility index (Phi) is 5.15. The molecule has 3 nitrogen and oxygen atoms in total. The van der Waals surface area contributed by atoms with Crippen LogP contribution in [-0.2, 0) is 4.79 Å². The number of aliphatic hydroxyl groups is 2. The molecule has 5 aliphatic rings. The number of ketones is 1. The van der Waals surface area contributed by atoms with Gasteiger partial charge in [0.1, 0.15) is 6.10 Å². The van der Waals surface area contributed by atoms with Crippen molar-refractivity contribution in [2.45, 2.75) is 112 Å². The van der Waals surface area contributed by atoms with Crippen LogP contribution < -0.4 is 0 Å². The highest BCUT2D eigenvalue weighted by Crippen LogP contribution is 2.74. The van der Waals surface area contributed by atoms with Crippen LogP contribution in [-0.4, -0.2) is 28.7 Å². The molecule has 5 fully saturated rings. The van der Waals surface area contributed by atoms with Crippen molar-refractivity contribution in [3.63, 3.8) is 0 Å². The summed E-state index contributed by atoms with van der Waals surface area (Å²) in [4.78, 5) is 12.8. The Labute approximate surface area is 196 Å². The van der Waals surface area contributed by atoms with Gasteiger partial charge in [-0.1, -0.05) is 41.5 Å². The molecule has 5 saturated carbocycles. The lowest BCUT2D eigenvalue weighted by molar-refractivity contribution is -0.230. The van der Waals surface area contributed by atoms with E-state index in [1.807, 2.05) is 0 Å². The highest BCUT2D eigenvalue weighted by Gasteiger charge is 2.68. The first kappa shape index (κ1) is 23.3. The van der Waals surface area contributed by atoms with Crippen molar-refractivity contribution in [1.82, 2.24) is 0 Å². The molecule has 0 aromatic heterocycles. The Morgan fingerprint density at radius 3 is 2.16 bits per heavy atom. The molecule has 5 rings (SSSR count). The van der Waals surface area contributed by atoms with Gasteiger partial charge in [-0.25, -0.2) is 0 Å². The maximum Gasteiger partial charge on any atom is 0.164 e. The number of fused-ring (bicyclic) bond motifs is 7. The second-order valence-corrected chi connectivity index (χ2v) is 14.7. The molecule has 182 valence electrons. The van der Waals surface area contributed by atoms with Crippen molar-refractivity contribution in [3.8, 4) is 0 Å². The summed E-state index contributed by atoms with van der Waals surface area (Å²) < 4.78 is 0. The zero-order valence-electron chi connectivity index (χ0n) is 21.5. The molecular formula is C29H48O3. The number of hydrogen-bond acceptors (Lipinski definition) is 3. The van der Waals surface area contributed by atoms with Crippen LogP contribution in [0.5, 0.6) is 0 Å². The second kappa shape index (κ2) is 7.06. The third-order valence-electron chi connectivity index (χ3n) is 13.0. The van der Waals surface area contributed by atoms with E-state index in [0.29, 0.717) is 47.5 Å². The molecule has 0 spiro atoms. The molecule has 0 saturated heterocycles. The second-order valence-electron chi connectivity index (χ2n) is 14.7. The zero-order valence-corrected chi connectivity index (χ0v) is 21.5. The van der Waals surface area contributed by atoms with Gasteiger partial charge in [-0.2, -0.15) is 0 Å². The fraction of sp³-hybridized carbons (Fsp3) is 0.966. The summed E-state index contributed by atoms with van der Waals surface area (Å²) in [6.45, 7) is 14.9. The van der Waals surface area contributed by atoms with Crippen molar-refractivity contribution in [2.24, 2.45) is 56.7 Å². The van der Waals surface area contributed by atoms with Gasteiger partial charge in [0.15, 0.2) is 5.78 Å². The third kappa shape index (κ3) is 2.88. The van der Waals surface area contributed by atoms with Crippen molar-refractivity contribution >= 4 is 5.78 Å². The van der Waals surface area contributed by atoms with Gasteiger partial charge in [0, 0.05) is 12.5 Å². The molecule has 32 heavy (non-hydrogen) atoms. The average Bonchev–Trinajstić information content (AvgIpc) is 2.73. The molecule has 0 aromatic carbocycles.